The minimum absolute atomic E-state index is 0.415. The molecule has 0 aliphatic heterocycles. The number of nitrogens with zero attached hydrogens (tertiary/aromatic N) is 1. The van der Waals surface area contributed by atoms with Crippen molar-refractivity contribution in [1.82, 2.24) is 5.32 Å². The van der Waals surface area contributed by atoms with Gasteiger partial charge in [-0.1, -0.05) is 35.9 Å². The second-order valence-electron chi connectivity index (χ2n) is 4.60. The monoisotopic (exact) mass is 272 g/mol. The van der Waals surface area contributed by atoms with E-state index in [0.29, 0.717) is 12.1 Å². The lowest BCUT2D eigenvalue weighted by molar-refractivity contribution is 0.504. The fourth-order valence-electron chi connectivity index (χ4n) is 1.86. The first-order valence-electron chi connectivity index (χ1n) is 6.23. The molecule has 102 valence electrons. The molecule has 0 saturated carbocycles. The first-order chi connectivity index (χ1) is 9.60. The van der Waals surface area contributed by atoms with Crippen LogP contribution in [0.4, 0.5) is 8.78 Å². The van der Waals surface area contributed by atoms with E-state index in [9.17, 15) is 8.78 Å². The van der Waals surface area contributed by atoms with Crippen LogP contribution in [0.25, 0.3) is 0 Å². The Morgan fingerprint density at radius 3 is 2.40 bits per heavy atom. The third kappa shape index (κ3) is 3.40. The van der Waals surface area contributed by atoms with Gasteiger partial charge in [0.15, 0.2) is 11.6 Å². The summed E-state index contributed by atoms with van der Waals surface area (Å²) in [5.41, 5.74) is 2.60. The van der Waals surface area contributed by atoms with E-state index in [0.717, 1.165) is 23.3 Å². The number of aryl methyl sites for hydroxylation is 1. The van der Waals surface area contributed by atoms with E-state index < -0.39 is 17.7 Å². The number of halogens is 2. The highest BCUT2D eigenvalue weighted by Crippen LogP contribution is 2.16. The smallest absolute Gasteiger partial charge is 0.159 e. The highest BCUT2D eigenvalue weighted by atomic mass is 19.2. The van der Waals surface area contributed by atoms with Gasteiger partial charge in [-0.3, -0.25) is 5.32 Å². The minimum atomic E-state index is -0.945. The quantitative estimate of drug-likeness (QED) is 0.922. The molecule has 20 heavy (non-hydrogen) atoms. The predicted octanol–water partition coefficient (Wildman–Crippen LogP) is 3.63. The molecule has 1 unspecified atom stereocenters. The molecule has 2 aromatic carbocycles. The number of hydrogen-bond acceptors (Lipinski definition) is 2. The standard InChI is InChI=1S/C16H14F2N2/c1-11-2-4-12(5-3-11)10-20-16(9-19)13-6-7-14(17)15(18)8-13/h2-8,16,20H,10H2,1H3. The predicted molar refractivity (Wildman–Crippen MR) is 72.7 cm³/mol. The van der Waals surface area contributed by atoms with Gasteiger partial charge in [-0.15, -0.1) is 0 Å². The first kappa shape index (κ1) is 14.2. The Bertz CT molecular complexity index is 630. The summed E-state index contributed by atoms with van der Waals surface area (Å²) in [5.74, 6) is -1.86. The van der Waals surface area contributed by atoms with Gasteiger partial charge in [0, 0.05) is 6.54 Å². The summed E-state index contributed by atoms with van der Waals surface area (Å²) in [5, 5.41) is 12.2. The van der Waals surface area contributed by atoms with E-state index >= 15 is 0 Å². The molecule has 0 saturated heterocycles. The molecule has 0 spiro atoms. The van der Waals surface area contributed by atoms with Crippen LogP contribution in [-0.4, -0.2) is 0 Å². The van der Waals surface area contributed by atoms with Crippen LogP contribution in [-0.2, 0) is 6.54 Å². The van der Waals surface area contributed by atoms with Crippen molar-refractivity contribution in [3.05, 3.63) is 70.8 Å². The number of nitrogens with one attached hydrogen (secondary N) is 1. The largest absolute Gasteiger partial charge is 0.294 e. The van der Waals surface area contributed by atoms with Gasteiger partial charge in [0.2, 0.25) is 0 Å². The van der Waals surface area contributed by atoms with Crippen LogP contribution >= 0.6 is 0 Å². The van der Waals surface area contributed by atoms with Gasteiger partial charge in [-0.2, -0.15) is 5.26 Å². The zero-order valence-corrected chi connectivity index (χ0v) is 11.0. The summed E-state index contributed by atoms with van der Waals surface area (Å²) in [7, 11) is 0. The average Bonchev–Trinajstić information content (AvgIpc) is 2.45. The molecule has 0 radical (unpaired) electrons. The van der Waals surface area contributed by atoms with Crippen LogP contribution in [0.15, 0.2) is 42.5 Å². The molecule has 1 atom stereocenters. The molecular formula is C16H14F2N2. The molecule has 4 heteroatoms. The summed E-state index contributed by atoms with van der Waals surface area (Å²) < 4.78 is 26.0. The van der Waals surface area contributed by atoms with Crippen molar-refractivity contribution in [3.8, 4) is 6.07 Å². The van der Waals surface area contributed by atoms with E-state index in [1.165, 1.54) is 6.07 Å². The molecule has 0 aliphatic rings. The van der Waals surface area contributed by atoms with Crippen molar-refractivity contribution in [3.63, 3.8) is 0 Å². The fraction of sp³-hybridized carbons (Fsp3) is 0.188. The van der Waals surface area contributed by atoms with Crippen LogP contribution in [0, 0.1) is 29.9 Å². The topological polar surface area (TPSA) is 35.8 Å². The second-order valence-corrected chi connectivity index (χ2v) is 4.60. The van der Waals surface area contributed by atoms with Gasteiger partial charge in [-0.25, -0.2) is 8.78 Å². The molecule has 1 N–H and O–H groups in total. The number of benzene rings is 2. The Labute approximate surface area is 116 Å². The van der Waals surface area contributed by atoms with Gasteiger partial charge in [-0.05, 0) is 30.2 Å². The average molecular weight is 272 g/mol. The van der Waals surface area contributed by atoms with Gasteiger partial charge in [0.05, 0.1) is 6.07 Å². The summed E-state index contributed by atoms with van der Waals surface area (Å²) >= 11 is 0. The Morgan fingerprint density at radius 2 is 1.80 bits per heavy atom. The first-order valence-corrected chi connectivity index (χ1v) is 6.23. The van der Waals surface area contributed by atoms with Crippen LogP contribution in [0.1, 0.15) is 22.7 Å². The van der Waals surface area contributed by atoms with E-state index in [1.54, 1.807) is 0 Å². The summed E-state index contributed by atoms with van der Waals surface area (Å²) in [4.78, 5) is 0. The van der Waals surface area contributed by atoms with Crippen LogP contribution in [0.5, 0.6) is 0 Å². The zero-order chi connectivity index (χ0) is 14.5. The lowest BCUT2D eigenvalue weighted by atomic mass is 10.1. The Hall–Kier alpha value is -2.25. The highest BCUT2D eigenvalue weighted by molar-refractivity contribution is 5.26. The van der Waals surface area contributed by atoms with Crippen molar-refractivity contribution in [1.29, 1.82) is 5.26 Å². The summed E-state index contributed by atoms with van der Waals surface area (Å²) in [6.45, 7) is 2.48. The minimum Gasteiger partial charge on any atom is -0.294 e. The Morgan fingerprint density at radius 1 is 1.10 bits per heavy atom. The molecule has 0 aromatic heterocycles. The lowest BCUT2D eigenvalue weighted by Gasteiger charge is -2.12. The molecule has 0 amide bonds. The number of rotatable bonds is 4. The van der Waals surface area contributed by atoms with Crippen molar-refractivity contribution in [2.75, 3.05) is 0 Å². The van der Waals surface area contributed by atoms with E-state index in [1.807, 2.05) is 37.3 Å². The third-order valence-corrected chi connectivity index (χ3v) is 3.04. The van der Waals surface area contributed by atoms with Crippen molar-refractivity contribution < 1.29 is 8.78 Å². The van der Waals surface area contributed by atoms with Crippen LogP contribution < -0.4 is 5.32 Å². The van der Waals surface area contributed by atoms with Gasteiger partial charge in [0.25, 0.3) is 0 Å². The Kier molecular flexibility index (Phi) is 4.44. The molecular weight excluding hydrogens is 258 g/mol. The SMILES string of the molecule is Cc1ccc(CNC(C#N)c2ccc(F)c(F)c2)cc1. The second kappa shape index (κ2) is 6.27. The van der Waals surface area contributed by atoms with E-state index in [4.69, 9.17) is 5.26 Å². The van der Waals surface area contributed by atoms with Crippen molar-refractivity contribution in [2.24, 2.45) is 0 Å². The number of hydrogen-bond donors (Lipinski definition) is 1. The molecule has 0 heterocycles. The maximum atomic E-state index is 13.2. The maximum Gasteiger partial charge on any atom is 0.159 e. The highest BCUT2D eigenvalue weighted by Gasteiger charge is 2.12. The normalized spacial score (nSPS) is 11.9. The fourth-order valence-corrected chi connectivity index (χ4v) is 1.86. The van der Waals surface area contributed by atoms with Crippen molar-refractivity contribution >= 4 is 0 Å². The molecule has 2 nitrogen and oxygen atoms in total. The van der Waals surface area contributed by atoms with Crippen LogP contribution in [0.2, 0.25) is 0 Å². The van der Waals surface area contributed by atoms with Gasteiger partial charge in [0.1, 0.15) is 6.04 Å². The summed E-state index contributed by atoms with van der Waals surface area (Å²) in [6.07, 6.45) is 0. The molecule has 0 aliphatic carbocycles. The maximum absolute atomic E-state index is 13.2. The lowest BCUT2D eigenvalue weighted by Crippen LogP contribution is -2.19. The van der Waals surface area contributed by atoms with Crippen LogP contribution in [0.3, 0.4) is 0 Å². The van der Waals surface area contributed by atoms with Gasteiger partial charge < -0.3 is 0 Å². The van der Waals surface area contributed by atoms with Crippen molar-refractivity contribution in [2.45, 2.75) is 19.5 Å². The molecule has 0 bridgehead atoms. The molecule has 0 fully saturated rings. The zero-order valence-electron chi connectivity index (χ0n) is 11.0. The Balaban J connectivity index is 2.07. The van der Waals surface area contributed by atoms with Gasteiger partial charge >= 0.3 is 0 Å². The summed E-state index contributed by atoms with van der Waals surface area (Å²) in [6, 6.07) is 12.7. The molecule has 2 rings (SSSR count). The van der Waals surface area contributed by atoms with E-state index in [-0.39, 0.29) is 0 Å². The molecule has 2 aromatic rings. The number of nitriles is 1. The third-order valence-electron chi connectivity index (χ3n) is 3.04. The van der Waals surface area contributed by atoms with E-state index in [2.05, 4.69) is 5.32 Å².